The molecule has 8 heteroatoms. The van der Waals surface area contributed by atoms with Gasteiger partial charge >= 0.3 is 6.03 Å². The molecule has 3 aromatic rings. The summed E-state index contributed by atoms with van der Waals surface area (Å²) in [6.45, 7) is 8.01. The smallest absolute Gasteiger partial charge is 0.319 e. The number of carbonyl (C=O) groups is 1. The van der Waals surface area contributed by atoms with Crippen LogP contribution in [0, 0.1) is 5.92 Å². The second kappa shape index (κ2) is 9.71. The van der Waals surface area contributed by atoms with E-state index in [9.17, 15) is 4.79 Å². The minimum Gasteiger partial charge on any atom is -0.337 e. The summed E-state index contributed by atoms with van der Waals surface area (Å²) in [5, 5.41) is 10.6. The Balaban J connectivity index is 1.81. The van der Waals surface area contributed by atoms with Crippen molar-refractivity contribution in [1.29, 1.82) is 0 Å². The molecule has 0 radical (unpaired) electrons. The van der Waals surface area contributed by atoms with E-state index in [1.165, 1.54) is 0 Å². The molecular weight excluding hydrogens is 402 g/mol. The molecule has 0 spiro atoms. The maximum atomic E-state index is 12.9. The normalized spacial score (nSPS) is 12.1. The van der Waals surface area contributed by atoms with Crippen molar-refractivity contribution in [2.24, 2.45) is 5.92 Å². The fraction of sp³-hybridized carbons (Fsp3) is 0.364. The molecule has 0 aliphatic carbocycles. The fourth-order valence-electron chi connectivity index (χ4n) is 3.25. The lowest BCUT2D eigenvalue weighted by Crippen LogP contribution is -2.35. The van der Waals surface area contributed by atoms with Crippen LogP contribution in [-0.4, -0.2) is 21.2 Å². The highest BCUT2D eigenvalue weighted by atomic mass is 35.5. The third-order valence-electron chi connectivity index (χ3n) is 4.90. The largest absolute Gasteiger partial charge is 0.337 e. The van der Waals surface area contributed by atoms with Gasteiger partial charge in [0.25, 0.3) is 0 Å². The summed E-state index contributed by atoms with van der Waals surface area (Å²) in [5.74, 6) is 0.812. The van der Waals surface area contributed by atoms with Crippen LogP contribution in [0.1, 0.15) is 50.8 Å². The zero-order chi connectivity index (χ0) is 21.7. The Hall–Kier alpha value is -2.93. The number of benzene rings is 1. The summed E-state index contributed by atoms with van der Waals surface area (Å²) in [6, 6.07) is 6.67. The van der Waals surface area contributed by atoms with Gasteiger partial charge in [-0.1, -0.05) is 50.5 Å². The SMILES string of the molecule is CCc1ccc(Cl)c(CC)c1NC(=O)N[C@H](c1nc(-c2cccnc2)no1)C(C)C. The van der Waals surface area contributed by atoms with E-state index in [0.29, 0.717) is 23.2 Å². The molecule has 0 aliphatic heterocycles. The summed E-state index contributed by atoms with van der Waals surface area (Å²) in [4.78, 5) is 21.4. The second-order valence-electron chi connectivity index (χ2n) is 7.29. The number of nitrogens with one attached hydrogen (secondary N) is 2. The van der Waals surface area contributed by atoms with Gasteiger partial charge in [0.05, 0.1) is 5.69 Å². The highest BCUT2D eigenvalue weighted by molar-refractivity contribution is 6.32. The average molecular weight is 428 g/mol. The lowest BCUT2D eigenvalue weighted by Gasteiger charge is -2.21. The van der Waals surface area contributed by atoms with Gasteiger partial charge in [-0.2, -0.15) is 4.98 Å². The number of halogens is 1. The summed E-state index contributed by atoms with van der Waals surface area (Å²) in [5.41, 5.74) is 3.46. The van der Waals surface area contributed by atoms with Crippen molar-refractivity contribution in [3.05, 3.63) is 58.7 Å². The van der Waals surface area contributed by atoms with Crippen LogP contribution in [0.2, 0.25) is 5.02 Å². The maximum Gasteiger partial charge on any atom is 0.319 e. The van der Waals surface area contributed by atoms with E-state index in [1.807, 2.05) is 45.9 Å². The first-order valence-corrected chi connectivity index (χ1v) is 10.4. The Kier molecular flexibility index (Phi) is 7.05. The van der Waals surface area contributed by atoms with Gasteiger partial charge in [-0.25, -0.2) is 4.79 Å². The molecule has 0 fully saturated rings. The van der Waals surface area contributed by atoms with E-state index in [1.54, 1.807) is 18.5 Å². The first-order chi connectivity index (χ1) is 14.4. The molecule has 0 saturated heterocycles. The molecule has 2 heterocycles. The third-order valence-corrected chi connectivity index (χ3v) is 5.25. The van der Waals surface area contributed by atoms with Crippen molar-refractivity contribution in [1.82, 2.24) is 20.4 Å². The highest BCUT2D eigenvalue weighted by Gasteiger charge is 2.25. The van der Waals surface area contributed by atoms with Gasteiger partial charge in [-0.05, 0) is 48.1 Å². The molecule has 3 rings (SSSR count). The summed E-state index contributed by atoms with van der Waals surface area (Å²) < 4.78 is 5.45. The molecule has 158 valence electrons. The van der Waals surface area contributed by atoms with Crippen LogP contribution in [-0.2, 0) is 12.8 Å². The maximum absolute atomic E-state index is 12.9. The van der Waals surface area contributed by atoms with Gasteiger partial charge in [0.1, 0.15) is 6.04 Å². The predicted molar refractivity (Wildman–Crippen MR) is 117 cm³/mol. The van der Waals surface area contributed by atoms with E-state index in [4.69, 9.17) is 16.1 Å². The van der Waals surface area contributed by atoms with E-state index in [2.05, 4.69) is 25.8 Å². The van der Waals surface area contributed by atoms with Crippen LogP contribution >= 0.6 is 11.6 Å². The van der Waals surface area contributed by atoms with Crippen LogP contribution < -0.4 is 10.6 Å². The van der Waals surface area contributed by atoms with E-state index >= 15 is 0 Å². The van der Waals surface area contributed by atoms with Crippen molar-refractivity contribution in [2.75, 3.05) is 5.32 Å². The Morgan fingerprint density at radius 1 is 1.20 bits per heavy atom. The topological polar surface area (TPSA) is 92.9 Å². The van der Waals surface area contributed by atoms with Crippen molar-refractivity contribution >= 4 is 23.3 Å². The molecule has 0 unspecified atom stereocenters. The number of amides is 2. The molecule has 1 atom stereocenters. The van der Waals surface area contributed by atoms with Crippen LogP contribution in [0.4, 0.5) is 10.5 Å². The van der Waals surface area contributed by atoms with Crippen molar-refractivity contribution in [3.8, 4) is 11.4 Å². The number of carbonyl (C=O) groups excluding carboxylic acids is 1. The zero-order valence-electron chi connectivity index (χ0n) is 17.6. The number of nitrogens with zero attached hydrogens (tertiary/aromatic N) is 3. The lowest BCUT2D eigenvalue weighted by molar-refractivity contribution is 0.236. The van der Waals surface area contributed by atoms with Crippen molar-refractivity contribution < 1.29 is 9.32 Å². The lowest BCUT2D eigenvalue weighted by atomic mass is 10.0. The fourth-order valence-corrected chi connectivity index (χ4v) is 3.54. The average Bonchev–Trinajstić information content (AvgIpc) is 3.23. The molecule has 0 saturated carbocycles. The van der Waals surface area contributed by atoms with Crippen LogP contribution in [0.5, 0.6) is 0 Å². The van der Waals surface area contributed by atoms with Gasteiger partial charge in [0, 0.05) is 23.0 Å². The van der Waals surface area contributed by atoms with Crippen LogP contribution in [0.15, 0.2) is 41.2 Å². The Bertz CT molecular complexity index is 1000. The molecular formula is C22H26ClN5O2. The molecule has 0 aliphatic rings. The van der Waals surface area contributed by atoms with Gasteiger partial charge in [0.2, 0.25) is 11.7 Å². The molecule has 2 aromatic heterocycles. The van der Waals surface area contributed by atoms with Crippen LogP contribution in [0.3, 0.4) is 0 Å². The number of rotatable bonds is 7. The summed E-state index contributed by atoms with van der Waals surface area (Å²) in [7, 11) is 0. The van der Waals surface area contributed by atoms with Crippen molar-refractivity contribution in [3.63, 3.8) is 0 Å². The zero-order valence-corrected chi connectivity index (χ0v) is 18.3. The number of hydrogen-bond donors (Lipinski definition) is 2. The Morgan fingerprint density at radius 3 is 2.63 bits per heavy atom. The minimum atomic E-state index is -0.447. The number of hydrogen-bond acceptors (Lipinski definition) is 5. The monoisotopic (exact) mass is 427 g/mol. The highest BCUT2D eigenvalue weighted by Crippen LogP contribution is 2.30. The van der Waals surface area contributed by atoms with Gasteiger partial charge < -0.3 is 15.2 Å². The molecule has 30 heavy (non-hydrogen) atoms. The number of aryl methyl sites for hydroxylation is 1. The van der Waals surface area contributed by atoms with Gasteiger partial charge in [-0.15, -0.1) is 0 Å². The predicted octanol–water partition coefficient (Wildman–Crippen LogP) is 5.43. The number of anilines is 1. The quantitative estimate of drug-likeness (QED) is 0.524. The third kappa shape index (κ3) is 4.79. The van der Waals surface area contributed by atoms with E-state index < -0.39 is 6.04 Å². The number of aromatic nitrogens is 3. The molecule has 2 amide bonds. The molecule has 7 nitrogen and oxygen atoms in total. The number of urea groups is 1. The Labute approximate surface area is 181 Å². The summed E-state index contributed by atoms with van der Waals surface area (Å²) in [6.07, 6.45) is 4.84. The van der Waals surface area contributed by atoms with Crippen LogP contribution in [0.25, 0.3) is 11.4 Å². The first kappa shape index (κ1) is 21.8. The molecule has 2 N–H and O–H groups in total. The number of pyridine rings is 1. The summed E-state index contributed by atoms with van der Waals surface area (Å²) >= 11 is 6.34. The standard InChI is InChI=1S/C22H26ClN5O2/c1-5-14-9-10-17(23)16(6-2)19(14)26-22(29)25-18(13(3)4)21-27-20(28-30-21)15-8-7-11-24-12-15/h7-13,18H,5-6H2,1-4H3,(H2,25,26,29)/t18-/m0/s1. The van der Waals surface area contributed by atoms with E-state index in [0.717, 1.165) is 28.8 Å². The minimum absolute atomic E-state index is 0.0357. The second-order valence-corrected chi connectivity index (χ2v) is 7.69. The van der Waals surface area contributed by atoms with Gasteiger partial charge in [0.15, 0.2) is 0 Å². The van der Waals surface area contributed by atoms with Gasteiger partial charge in [-0.3, -0.25) is 4.98 Å². The van der Waals surface area contributed by atoms with Crippen molar-refractivity contribution in [2.45, 2.75) is 46.6 Å². The Morgan fingerprint density at radius 2 is 2.00 bits per heavy atom. The molecule has 1 aromatic carbocycles. The first-order valence-electron chi connectivity index (χ1n) is 10.1. The van der Waals surface area contributed by atoms with E-state index in [-0.39, 0.29) is 11.9 Å². The molecule has 0 bridgehead atoms.